The number of aromatic nitrogens is 5. The summed E-state index contributed by atoms with van der Waals surface area (Å²) in [5.74, 6) is 1.71. The number of hydrogen-bond acceptors (Lipinski definition) is 9. The van der Waals surface area contributed by atoms with Crippen molar-refractivity contribution < 1.29 is 23.2 Å². The standard InChI is InChI=1S/C27H23FN6O4S/c1-36-18-13-11-17(12-14-18)26-31-32-27(34(26)21-9-5-3-7-19(21)28)39-16-25-30-23(33-38-25)15-24(35)29-20-8-4-6-10-22(20)37-2/h3-14H,15-16H2,1-2H3,(H,29,35). The molecule has 5 rings (SSSR count). The van der Waals surface area contributed by atoms with E-state index in [-0.39, 0.29) is 29.8 Å². The molecule has 12 heteroatoms. The summed E-state index contributed by atoms with van der Waals surface area (Å²) in [4.78, 5) is 16.8. The second kappa shape index (κ2) is 11.8. The lowest BCUT2D eigenvalue weighted by Gasteiger charge is -2.11. The average Bonchev–Trinajstić information content (AvgIpc) is 3.59. The Balaban J connectivity index is 1.32. The van der Waals surface area contributed by atoms with Crippen LogP contribution in [0.25, 0.3) is 17.1 Å². The lowest BCUT2D eigenvalue weighted by Crippen LogP contribution is -2.15. The van der Waals surface area contributed by atoms with Gasteiger partial charge in [-0.15, -0.1) is 10.2 Å². The van der Waals surface area contributed by atoms with Gasteiger partial charge in [0, 0.05) is 5.56 Å². The molecular weight excluding hydrogens is 523 g/mol. The van der Waals surface area contributed by atoms with Crippen LogP contribution >= 0.6 is 11.8 Å². The number of rotatable bonds is 10. The first-order valence-corrected chi connectivity index (χ1v) is 12.8. The van der Waals surface area contributed by atoms with Crippen LogP contribution in [0, 0.1) is 5.82 Å². The van der Waals surface area contributed by atoms with Crippen molar-refractivity contribution in [3.05, 3.63) is 90.3 Å². The number of para-hydroxylation sites is 3. The topological polar surface area (TPSA) is 117 Å². The van der Waals surface area contributed by atoms with E-state index in [1.807, 2.05) is 18.2 Å². The highest BCUT2D eigenvalue weighted by atomic mass is 32.2. The fraction of sp³-hybridized carbons (Fsp3) is 0.148. The highest BCUT2D eigenvalue weighted by molar-refractivity contribution is 7.98. The minimum absolute atomic E-state index is 0.0841. The Kier molecular flexibility index (Phi) is 7.83. The number of hydrogen-bond donors (Lipinski definition) is 1. The van der Waals surface area contributed by atoms with E-state index in [2.05, 4.69) is 25.7 Å². The molecule has 0 unspecified atom stereocenters. The molecule has 0 saturated heterocycles. The zero-order valence-electron chi connectivity index (χ0n) is 21.0. The van der Waals surface area contributed by atoms with Crippen LogP contribution in [0.15, 0.2) is 82.5 Å². The van der Waals surface area contributed by atoms with Gasteiger partial charge in [0.25, 0.3) is 0 Å². The molecule has 0 aliphatic heterocycles. The molecular formula is C27H23FN6O4S. The van der Waals surface area contributed by atoms with Gasteiger partial charge in [-0.2, -0.15) is 4.98 Å². The average molecular weight is 547 g/mol. The van der Waals surface area contributed by atoms with Crippen LogP contribution in [0.1, 0.15) is 11.7 Å². The molecule has 0 spiro atoms. The second-order valence-corrected chi connectivity index (χ2v) is 9.08. The highest BCUT2D eigenvalue weighted by Gasteiger charge is 2.20. The van der Waals surface area contributed by atoms with E-state index in [0.717, 1.165) is 5.56 Å². The van der Waals surface area contributed by atoms with Gasteiger partial charge in [-0.1, -0.05) is 41.2 Å². The Labute approximate surface area is 227 Å². The van der Waals surface area contributed by atoms with E-state index in [1.165, 1.54) is 24.9 Å². The van der Waals surface area contributed by atoms with Crippen molar-refractivity contribution in [2.75, 3.05) is 19.5 Å². The number of thioether (sulfide) groups is 1. The largest absolute Gasteiger partial charge is 0.497 e. The predicted octanol–water partition coefficient (Wildman–Crippen LogP) is 4.95. The van der Waals surface area contributed by atoms with Gasteiger partial charge in [0.2, 0.25) is 11.8 Å². The van der Waals surface area contributed by atoms with Gasteiger partial charge in [-0.25, -0.2) is 4.39 Å². The SMILES string of the molecule is COc1ccc(-c2nnc(SCc3nc(CC(=O)Nc4ccccc4OC)no3)n2-c2ccccc2F)cc1. The van der Waals surface area contributed by atoms with Crippen molar-refractivity contribution in [1.82, 2.24) is 24.9 Å². The molecule has 1 N–H and O–H groups in total. The first-order chi connectivity index (χ1) is 19.1. The Morgan fingerprint density at radius 1 is 1.00 bits per heavy atom. The zero-order valence-corrected chi connectivity index (χ0v) is 21.8. The van der Waals surface area contributed by atoms with Crippen LogP contribution in [-0.4, -0.2) is 45.0 Å². The van der Waals surface area contributed by atoms with Gasteiger partial charge in [-0.05, 0) is 48.5 Å². The second-order valence-electron chi connectivity index (χ2n) is 8.14. The summed E-state index contributed by atoms with van der Waals surface area (Å²) in [7, 11) is 3.11. The molecule has 0 bridgehead atoms. The Morgan fingerprint density at radius 2 is 1.77 bits per heavy atom. The lowest BCUT2D eigenvalue weighted by molar-refractivity contribution is -0.115. The van der Waals surface area contributed by atoms with Crippen LogP contribution in [0.4, 0.5) is 10.1 Å². The molecule has 0 aliphatic carbocycles. The Morgan fingerprint density at radius 3 is 2.54 bits per heavy atom. The maximum Gasteiger partial charge on any atom is 0.237 e. The van der Waals surface area contributed by atoms with Gasteiger partial charge in [-0.3, -0.25) is 9.36 Å². The summed E-state index contributed by atoms with van der Waals surface area (Å²) in [6, 6.07) is 20.7. The highest BCUT2D eigenvalue weighted by Crippen LogP contribution is 2.31. The van der Waals surface area contributed by atoms with E-state index < -0.39 is 5.82 Å². The third kappa shape index (κ3) is 5.91. The number of carbonyl (C=O) groups excluding carboxylic acids is 1. The molecule has 0 atom stereocenters. The van der Waals surface area contributed by atoms with E-state index in [0.29, 0.717) is 33.9 Å². The summed E-state index contributed by atoms with van der Waals surface area (Å²) < 4.78 is 32.3. The number of anilines is 1. The summed E-state index contributed by atoms with van der Waals surface area (Å²) in [6.45, 7) is 0. The lowest BCUT2D eigenvalue weighted by atomic mass is 10.2. The van der Waals surface area contributed by atoms with Gasteiger partial charge in [0.1, 0.15) is 17.3 Å². The Hall–Kier alpha value is -4.71. The fourth-order valence-electron chi connectivity index (χ4n) is 3.77. The van der Waals surface area contributed by atoms with E-state index >= 15 is 0 Å². The van der Waals surface area contributed by atoms with Gasteiger partial charge in [0.15, 0.2) is 16.8 Å². The van der Waals surface area contributed by atoms with E-state index in [9.17, 15) is 9.18 Å². The molecule has 0 radical (unpaired) electrons. The molecule has 3 aromatic carbocycles. The normalized spacial score (nSPS) is 10.8. The summed E-state index contributed by atoms with van der Waals surface area (Å²) in [6.07, 6.45) is -0.0841. The maximum atomic E-state index is 14.8. The van der Waals surface area contributed by atoms with Gasteiger partial charge < -0.3 is 19.3 Å². The monoisotopic (exact) mass is 546 g/mol. The molecule has 2 aromatic heterocycles. The van der Waals surface area contributed by atoms with E-state index in [1.54, 1.807) is 60.2 Å². The van der Waals surface area contributed by atoms with Crippen LogP contribution < -0.4 is 14.8 Å². The minimum atomic E-state index is -0.421. The number of halogens is 1. The fourth-order valence-corrected chi connectivity index (χ4v) is 4.56. The van der Waals surface area contributed by atoms with Crippen molar-refractivity contribution in [3.8, 4) is 28.6 Å². The number of ether oxygens (including phenoxy) is 2. The van der Waals surface area contributed by atoms with Crippen LogP contribution in [-0.2, 0) is 17.0 Å². The number of benzene rings is 3. The van der Waals surface area contributed by atoms with Gasteiger partial charge >= 0.3 is 0 Å². The number of methoxy groups -OCH3 is 2. The number of carbonyl (C=O) groups is 1. The third-order valence-corrected chi connectivity index (χ3v) is 6.52. The summed E-state index contributed by atoms with van der Waals surface area (Å²) in [5, 5.41) is 15.7. The summed E-state index contributed by atoms with van der Waals surface area (Å²) >= 11 is 1.25. The van der Waals surface area contributed by atoms with Crippen LogP contribution in [0.2, 0.25) is 0 Å². The van der Waals surface area contributed by atoms with Crippen molar-refractivity contribution in [2.24, 2.45) is 0 Å². The van der Waals surface area contributed by atoms with Crippen LogP contribution in [0.3, 0.4) is 0 Å². The predicted molar refractivity (Wildman–Crippen MR) is 142 cm³/mol. The zero-order chi connectivity index (χ0) is 27.2. The smallest absolute Gasteiger partial charge is 0.237 e. The van der Waals surface area contributed by atoms with Crippen molar-refractivity contribution in [3.63, 3.8) is 0 Å². The molecule has 10 nitrogen and oxygen atoms in total. The number of nitrogens with zero attached hydrogens (tertiary/aromatic N) is 5. The first kappa shape index (κ1) is 25.9. The maximum absolute atomic E-state index is 14.8. The molecule has 0 saturated carbocycles. The quantitative estimate of drug-likeness (QED) is 0.243. The van der Waals surface area contributed by atoms with Gasteiger partial charge in [0.05, 0.1) is 37.8 Å². The number of amides is 1. The molecule has 198 valence electrons. The molecule has 1 amide bonds. The third-order valence-electron chi connectivity index (χ3n) is 5.61. The molecule has 5 aromatic rings. The van der Waals surface area contributed by atoms with E-state index in [4.69, 9.17) is 14.0 Å². The number of nitrogens with one attached hydrogen (secondary N) is 1. The van der Waals surface area contributed by atoms with Crippen molar-refractivity contribution in [1.29, 1.82) is 0 Å². The molecule has 2 heterocycles. The molecule has 39 heavy (non-hydrogen) atoms. The molecule has 0 aliphatic rings. The summed E-state index contributed by atoms with van der Waals surface area (Å²) in [5.41, 5.74) is 1.58. The van der Waals surface area contributed by atoms with Crippen molar-refractivity contribution in [2.45, 2.75) is 17.3 Å². The van der Waals surface area contributed by atoms with Crippen molar-refractivity contribution >= 4 is 23.4 Å². The first-order valence-electron chi connectivity index (χ1n) is 11.8. The van der Waals surface area contributed by atoms with Crippen LogP contribution in [0.5, 0.6) is 11.5 Å². The minimum Gasteiger partial charge on any atom is -0.497 e. The Bertz CT molecular complexity index is 1590. The molecule has 0 fully saturated rings.